The summed E-state index contributed by atoms with van der Waals surface area (Å²) in [4.78, 5) is 2.49. The highest BCUT2D eigenvalue weighted by atomic mass is 16.5. The van der Waals surface area contributed by atoms with Gasteiger partial charge in [-0.1, -0.05) is 6.92 Å². The second kappa shape index (κ2) is 4.20. The molecule has 17 heavy (non-hydrogen) atoms. The van der Waals surface area contributed by atoms with Gasteiger partial charge in [-0.3, -0.25) is 4.90 Å². The Morgan fingerprint density at radius 1 is 1.47 bits per heavy atom. The van der Waals surface area contributed by atoms with Crippen LogP contribution in [0.15, 0.2) is 18.2 Å². The van der Waals surface area contributed by atoms with E-state index in [1.54, 1.807) is 12.1 Å². The van der Waals surface area contributed by atoms with Gasteiger partial charge in [0.15, 0.2) is 0 Å². The Balaban J connectivity index is 1.86. The molecule has 0 bridgehead atoms. The van der Waals surface area contributed by atoms with E-state index in [1.807, 2.05) is 6.07 Å². The van der Waals surface area contributed by atoms with Gasteiger partial charge in [0.05, 0.1) is 6.04 Å². The fourth-order valence-corrected chi connectivity index (χ4v) is 2.70. The number of fused-ring (bicyclic) bond motifs is 1. The van der Waals surface area contributed by atoms with E-state index in [4.69, 9.17) is 4.74 Å². The van der Waals surface area contributed by atoms with Gasteiger partial charge in [0, 0.05) is 30.8 Å². The molecule has 0 aromatic heterocycles. The molecule has 1 unspecified atom stereocenters. The molecule has 1 fully saturated rings. The molecule has 4 nitrogen and oxygen atoms in total. The largest absolute Gasteiger partial charge is 0.508 e. The number of ether oxygens (including phenoxy) is 1. The summed E-state index contributed by atoms with van der Waals surface area (Å²) >= 11 is 0. The van der Waals surface area contributed by atoms with Crippen LogP contribution in [0.3, 0.4) is 0 Å². The summed E-state index contributed by atoms with van der Waals surface area (Å²) in [6.07, 6.45) is 0. The zero-order valence-electron chi connectivity index (χ0n) is 10.0. The number of benzene rings is 1. The maximum absolute atomic E-state index is 9.44. The fourth-order valence-electron chi connectivity index (χ4n) is 2.70. The van der Waals surface area contributed by atoms with Crippen LogP contribution < -0.4 is 10.1 Å². The summed E-state index contributed by atoms with van der Waals surface area (Å²) in [5.74, 6) is 1.11. The van der Waals surface area contributed by atoms with E-state index in [9.17, 15) is 5.11 Å². The normalized spacial score (nSPS) is 23.3. The first-order valence-electron chi connectivity index (χ1n) is 6.21. The average Bonchev–Trinajstić information content (AvgIpc) is 2.65. The molecule has 0 amide bonds. The quantitative estimate of drug-likeness (QED) is 0.822. The van der Waals surface area contributed by atoms with Gasteiger partial charge < -0.3 is 15.2 Å². The Morgan fingerprint density at radius 3 is 2.94 bits per heavy atom. The van der Waals surface area contributed by atoms with Crippen molar-refractivity contribution in [2.75, 3.05) is 26.2 Å². The lowest BCUT2D eigenvalue weighted by atomic mass is 10.0. The average molecular weight is 234 g/mol. The van der Waals surface area contributed by atoms with E-state index >= 15 is 0 Å². The number of rotatable bonds is 3. The van der Waals surface area contributed by atoms with Gasteiger partial charge >= 0.3 is 0 Å². The smallest absolute Gasteiger partial charge is 0.127 e. The Morgan fingerprint density at radius 2 is 2.29 bits per heavy atom. The van der Waals surface area contributed by atoms with E-state index < -0.39 is 0 Å². The highest BCUT2D eigenvalue weighted by molar-refractivity contribution is 5.44. The lowest BCUT2D eigenvalue weighted by molar-refractivity contribution is 0.0863. The third-order valence-corrected chi connectivity index (χ3v) is 3.75. The van der Waals surface area contributed by atoms with Crippen molar-refractivity contribution in [1.82, 2.24) is 10.2 Å². The van der Waals surface area contributed by atoms with Gasteiger partial charge in [0.2, 0.25) is 0 Å². The maximum atomic E-state index is 9.44. The molecule has 0 radical (unpaired) electrons. The molecule has 0 aliphatic carbocycles. The van der Waals surface area contributed by atoms with E-state index in [2.05, 4.69) is 17.1 Å². The first-order chi connectivity index (χ1) is 8.29. The molecule has 0 saturated carbocycles. The Hall–Kier alpha value is -1.26. The fraction of sp³-hybridized carbons (Fsp3) is 0.538. The predicted octanol–water partition coefficient (Wildman–Crippen LogP) is 1.12. The van der Waals surface area contributed by atoms with Crippen LogP contribution in [-0.2, 0) is 0 Å². The minimum atomic E-state index is 0.276. The van der Waals surface area contributed by atoms with Gasteiger partial charge in [-0.2, -0.15) is 0 Å². The van der Waals surface area contributed by atoms with Crippen molar-refractivity contribution in [3.8, 4) is 11.5 Å². The zero-order valence-corrected chi connectivity index (χ0v) is 10.0. The molecule has 1 aromatic carbocycles. The number of hydrogen-bond donors (Lipinski definition) is 2. The van der Waals surface area contributed by atoms with Crippen LogP contribution in [-0.4, -0.2) is 42.3 Å². The van der Waals surface area contributed by atoms with Gasteiger partial charge in [0.25, 0.3) is 0 Å². The van der Waals surface area contributed by atoms with E-state index in [-0.39, 0.29) is 5.75 Å². The molecule has 1 aromatic rings. The van der Waals surface area contributed by atoms with E-state index in [0.717, 1.165) is 25.4 Å². The van der Waals surface area contributed by atoms with Crippen LogP contribution in [0.2, 0.25) is 0 Å². The molecule has 0 spiro atoms. The summed E-state index contributed by atoms with van der Waals surface area (Å²) in [6, 6.07) is 6.39. The molecule has 92 valence electrons. The van der Waals surface area contributed by atoms with Crippen molar-refractivity contribution >= 4 is 0 Å². The van der Waals surface area contributed by atoms with Crippen molar-refractivity contribution in [2.24, 2.45) is 0 Å². The second-order valence-corrected chi connectivity index (χ2v) is 4.69. The number of hydrogen-bond acceptors (Lipinski definition) is 4. The van der Waals surface area contributed by atoms with Gasteiger partial charge in [0.1, 0.15) is 18.1 Å². The van der Waals surface area contributed by atoms with Gasteiger partial charge in [-0.05, 0) is 18.7 Å². The minimum absolute atomic E-state index is 0.276. The Kier molecular flexibility index (Phi) is 2.68. The number of nitrogens with one attached hydrogen (secondary N) is 1. The molecule has 4 heteroatoms. The first-order valence-corrected chi connectivity index (χ1v) is 6.21. The number of likely N-dealkylation sites (N-methyl/N-ethyl adjacent to an activating group) is 1. The zero-order chi connectivity index (χ0) is 11.8. The van der Waals surface area contributed by atoms with Crippen LogP contribution in [0.4, 0.5) is 0 Å². The summed E-state index contributed by atoms with van der Waals surface area (Å²) in [6.45, 7) is 6.05. The Bertz CT molecular complexity index is 418. The molecule has 2 aliphatic rings. The van der Waals surface area contributed by atoms with Crippen LogP contribution >= 0.6 is 0 Å². The summed E-state index contributed by atoms with van der Waals surface area (Å²) < 4.78 is 5.67. The van der Waals surface area contributed by atoms with Crippen LogP contribution in [0.1, 0.15) is 18.5 Å². The predicted molar refractivity (Wildman–Crippen MR) is 65.4 cm³/mol. The third-order valence-electron chi connectivity index (χ3n) is 3.75. The SMILES string of the molecule is CCN(C1CNC1)C1COc2cc(O)ccc21. The van der Waals surface area contributed by atoms with Crippen molar-refractivity contribution < 1.29 is 9.84 Å². The topological polar surface area (TPSA) is 44.7 Å². The summed E-state index contributed by atoms with van der Waals surface area (Å²) in [5.41, 5.74) is 1.21. The van der Waals surface area contributed by atoms with Crippen molar-refractivity contribution in [2.45, 2.75) is 19.0 Å². The second-order valence-electron chi connectivity index (χ2n) is 4.69. The number of phenols is 1. The number of nitrogens with zero attached hydrogens (tertiary/aromatic N) is 1. The van der Waals surface area contributed by atoms with Crippen LogP contribution in [0, 0.1) is 0 Å². The maximum Gasteiger partial charge on any atom is 0.127 e. The third kappa shape index (κ3) is 1.77. The summed E-state index contributed by atoms with van der Waals surface area (Å²) in [5, 5.41) is 12.8. The molecule has 2 aliphatic heterocycles. The van der Waals surface area contributed by atoms with Crippen LogP contribution in [0.25, 0.3) is 0 Å². The lowest BCUT2D eigenvalue weighted by Crippen LogP contribution is -2.58. The first kappa shape index (κ1) is 10.9. The molecule has 3 rings (SSSR count). The number of phenolic OH excluding ortho intramolecular Hbond substituents is 1. The molecular weight excluding hydrogens is 216 g/mol. The highest BCUT2D eigenvalue weighted by Gasteiger charge is 2.35. The van der Waals surface area contributed by atoms with Gasteiger partial charge in [-0.15, -0.1) is 0 Å². The molecule has 1 saturated heterocycles. The van der Waals surface area contributed by atoms with Crippen molar-refractivity contribution in [3.63, 3.8) is 0 Å². The van der Waals surface area contributed by atoms with E-state index in [1.165, 1.54) is 5.56 Å². The molecule has 1 atom stereocenters. The van der Waals surface area contributed by atoms with Crippen LogP contribution in [0.5, 0.6) is 11.5 Å². The standard InChI is InChI=1S/C13H18N2O2/c1-2-15(9-6-14-7-9)12-8-17-13-5-10(16)3-4-11(12)13/h3-5,9,12,14,16H,2,6-8H2,1H3. The molecule has 2 heterocycles. The minimum Gasteiger partial charge on any atom is -0.508 e. The van der Waals surface area contributed by atoms with Crippen molar-refractivity contribution in [1.29, 1.82) is 0 Å². The Labute approximate surface area is 101 Å². The molecule has 2 N–H and O–H groups in total. The summed E-state index contributed by atoms with van der Waals surface area (Å²) in [7, 11) is 0. The monoisotopic (exact) mass is 234 g/mol. The van der Waals surface area contributed by atoms with Crippen molar-refractivity contribution in [3.05, 3.63) is 23.8 Å². The highest BCUT2D eigenvalue weighted by Crippen LogP contribution is 2.39. The van der Waals surface area contributed by atoms with Gasteiger partial charge in [-0.25, -0.2) is 0 Å². The molecular formula is C13H18N2O2. The lowest BCUT2D eigenvalue weighted by Gasteiger charge is -2.40. The number of aromatic hydroxyl groups is 1. The van der Waals surface area contributed by atoms with E-state index in [0.29, 0.717) is 18.7 Å².